The minimum Gasteiger partial charge on any atom is -0.400 e. The van der Waals surface area contributed by atoms with Gasteiger partial charge in [-0.1, -0.05) is 194 Å². The molecule has 2 atom stereocenters. The third kappa shape index (κ3) is 33.8. The van der Waals surface area contributed by atoms with Gasteiger partial charge in [0.25, 0.3) is 0 Å². The van der Waals surface area contributed by atoms with Crippen LogP contribution in [0.15, 0.2) is 0 Å². The number of rotatable bonds is 33. The first-order valence-electron chi connectivity index (χ1n) is 18.7. The molecule has 0 bridgehead atoms. The predicted molar refractivity (Wildman–Crippen MR) is 183 cm³/mol. The number of carbonyl (C=O) groups is 1. The van der Waals surface area contributed by atoms with E-state index in [-0.39, 0.29) is 18.6 Å². The SMILES string of the molecule is CCCCCCCCCCCCCCCCC(CO)NC(=O)C(O)CCCCCCCCCCCCCCCC.CO. The molecule has 254 valence electrons. The van der Waals surface area contributed by atoms with Crippen molar-refractivity contribution in [1.29, 1.82) is 0 Å². The van der Waals surface area contributed by atoms with Crippen molar-refractivity contribution >= 4 is 5.91 Å². The molecule has 5 heteroatoms. The molecule has 0 aliphatic heterocycles. The third-order valence-electron chi connectivity index (χ3n) is 8.61. The van der Waals surface area contributed by atoms with Gasteiger partial charge in [0, 0.05) is 7.11 Å². The van der Waals surface area contributed by atoms with Gasteiger partial charge in [-0.3, -0.25) is 4.79 Å². The lowest BCUT2D eigenvalue weighted by Crippen LogP contribution is -2.43. The van der Waals surface area contributed by atoms with Crippen molar-refractivity contribution < 1.29 is 20.1 Å². The lowest BCUT2D eigenvalue weighted by molar-refractivity contribution is -0.130. The highest BCUT2D eigenvalue weighted by molar-refractivity contribution is 5.80. The standard InChI is InChI=1S/C36H73NO3.CH4O/c1-3-5-7-9-11-13-15-17-19-21-23-25-27-29-31-34(33-38)37-36(40)35(39)32-30-28-26-24-22-20-18-16-14-12-10-8-6-4-2;1-2/h34-35,38-39H,3-33H2,1-2H3,(H,37,40);2H,1H3. The van der Waals surface area contributed by atoms with E-state index in [1.54, 1.807) is 0 Å². The summed E-state index contributed by atoms with van der Waals surface area (Å²) in [5, 5.41) is 29.8. The molecule has 1 amide bonds. The molecular formula is C37H77NO4. The van der Waals surface area contributed by atoms with Gasteiger partial charge in [0.05, 0.1) is 12.6 Å². The Bertz CT molecular complexity index is 502. The average molecular weight is 600 g/mol. The summed E-state index contributed by atoms with van der Waals surface area (Å²) in [6.07, 6.45) is 37.2. The van der Waals surface area contributed by atoms with Crippen LogP contribution in [0.2, 0.25) is 0 Å². The Kier molecular flexibility index (Phi) is 39.7. The van der Waals surface area contributed by atoms with Crippen LogP contribution in [0.1, 0.15) is 206 Å². The molecule has 0 heterocycles. The van der Waals surface area contributed by atoms with E-state index in [4.69, 9.17) is 5.11 Å². The highest BCUT2D eigenvalue weighted by atomic mass is 16.3. The second kappa shape index (κ2) is 38.4. The molecule has 0 aromatic rings. The number of hydrogen-bond donors (Lipinski definition) is 4. The molecule has 5 nitrogen and oxygen atoms in total. The maximum Gasteiger partial charge on any atom is 0.249 e. The van der Waals surface area contributed by atoms with E-state index in [9.17, 15) is 15.0 Å². The van der Waals surface area contributed by atoms with Crippen molar-refractivity contribution in [1.82, 2.24) is 5.32 Å². The first-order valence-corrected chi connectivity index (χ1v) is 18.7. The van der Waals surface area contributed by atoms with Gasteiger partial charge in [-0.25, -0.2) is 0 Å². The average Bonchev–Trinajstić information content (AvgIpc) is 3.01. The molecule has 42 heavy (non-hydrogen) atoms. The minimum absolute atomic E-state index is 0.0459. The normalized spacial score (nSPS) is 12.5. The Labute approximate surface area is 263 Å². The van der Waals surface area contributed by atoms with Crippen LogP contribution in [0.4, 0.5) is 0 Å². The van der Waals surface area contributed by atoms with Crippen molar-refractivity contribution in [3.05, 3.63) is 0 Å². The second-order valence-electron chi connectivity index (χ2n) is 12.7. The van der Waals surface area contributed by atoms with Gasteiger partial charge in [0.15, 0.2) is 0 Å². The molecule has 0 aromatic carbocycles. The predicted octanol–water partition coefficient (Wildman–Crippen LogP) is 10.2. The van der Waals surface area contributed by atoms with Gasteiger partial charge in [-0.15, -0.1) is 0 Å². The van der Waals surface area contributed by atoms with E-state index < -0.39 is 6.10 Å². The quantitative estimate of drug-likeness (QED) is 0.0565. The van der Waals surface area contributed by atoms with Gasteiger partial charge in [-0.2, -0.15) is 0 Å². The number of unbranched alkanes of at least 4 members (excludes halogenated alkanes) is 26. The van der Waals surface area contributed by atoms with Crippen LogP contribution in [-0.2, 0) is 4.79 Å². The highest BCUT2D eigenvalue weighted by Crippen LogP contribution is 2.15. The summed E-state index contributed by atoms with van der Waals surface area (Å²) in [6, 6.07) is -0.226. The Morgan fingerprint density at radius 1 is 0.476 bits per heavy atom. The smallest absolute Gasteiger partial charge is 0.249 e. The zero-order valence-electron chi connectivity index (χ0n) is 28.8. The molecule has 0 aliphatic carbocycles. The van der Waals surface area contributed by atoms with Gasteiger partial charge in [0.1, 0.15) is 6.10 Å². The highest BCUT2D eigenvalue weighted by Gasteiger charge is 2.18. The Morgan fingerprint density at radius 3 is 1.02 bits per heavy atom. The maximum absolute atomic E-state index is 12.4. The molecule has 0 aromatic heterocycles. The number of hydrogen-bond acceptors (Lipinski definition) is 4. The van der Waals surface area contributed by atoms with E-state index in [2.05, 4.69) is 19.2 Å². The summed E-state index contributed by atoms with van der Waals surface area (Å²) < 4.78 is 0. The van der Waals surface area contributed by atoms with Crippen LogP contribution in [-0.4, -0.2) is 47.1 Å². The van der Waals surface area contributed by atoms with Gasteiger partial charge >= 0.3 is 0 Å². The van der Waals surface area contributed by atoms with Crippen LogP contribution in [0.25, 0.3) is 0 Å². The fourth-order valence-electron chi connectivity index (χ4n) is 5.76. The molecule has 0 aliphatic rings. The van der Waals surface area contributed by atoms with E-state index in [0.717, 1.165) is 39.2 Å². The topological polar surface area (TPSA) is 89.8 Å². The van der Waals surface area contributed by atoms with Gasteiger partial charge < -0.3 is 20.6 Å². The number of nitrogens with one attached hydrogen (secondary N) is 1. The second-order valence-corrected chi connectivity index (χ2v) is 12.7. The van der Waals surface area contributed by atoms with Crippen molar-refractivity contribution in [2.75, 3.05) is 13.7 Å². The number of aliphatic hydroxyl groups is 3. The van der Waals surface area contributed by atoms with Crippen LogP contribution in [0, 0.1) is 0 Å². The summed E-state index contributed by atoms with van der Waals surface area (Å²) in [5.74, 6) is -0.306. The van der Waals surface area contributed by atoms with E-state index >= 15 is 0 Å². The van der Waals surface area contributed by atoms with Crippen molar-refractivity contribution in [3.8, 4) is 0 Å². The Balaban J connectivity index is 0. The summed E-state index contributed by atoms with van der Waals surface area (Å²) in [7, 11) is 1.00. The molecule has 0 fully saturated rings. The number of carbonyl (C=O) groups excluding carboxylic acids is 1. The van der Waals surface area contributed by atoms with Crippen LogP contribution in [0.5, 0.6) is 0 Å². The molecule has 0 saturated carbocycles. The van der Waals surface area contributed by atoms with Crippen molar-refractivity contribution in [2.24, 2.45) is 0 Å². The maximum atomic E-state index is 12.4. The van der Waals surface area contributed by atoms with Crippen molar-refractivity contribution in [2.45, 2.75) is 219 Å². The number of aliphatic hydroxyl groups excluding tert-OH is 3. The molecule has 0 rings (SSSR count). The van der Waals surface area contributed by atoms with Crippen LogP contribution in [0.3, 0.4) is 0 Å². The first-order chi connectivity index (χ1) is 20.7. The summed E-state index contributed by atoms with van der Waals surface area (Å²) in [5.41, 5.74) is 0. The fourth-order valence-corrected chi connectivity index (χ4v) is 5.76. The van der Waals surface area contributed by atoms with E-state index in [1.807, 2.05) is 0 Å². The Morgan fingerprint density at radius 2 is 0.738 bits per heavy atom. The molecule has 0 radical (unpaired) electrons. The molecule has 0 saturated heterocycles. The lowest BCUT2D eigenvalue weighted by Gasteiger charge is -2.19. The largest absolute Gasteiger partial charge is 0.400 e. The molecule has 2 unspecified atom stereocenters. The van der Waals surface area contributed by atoms with Crippen LogP contribution < -0.4 is 5.32 Å². The van der Waals surface area contributed by atoms with E-state index in [0.29, 0.717) is 6.42 Å². The van der Waals surface area contributed by atoms with Crippen molar-refractivity contribution in [3.63, 3.8) is 0 Å². The minimum atomic E-state index is -0.942. The summed E-state index contributed by atoms with van der Waals surface area (Å²) >= 11 is 0. The molecule has 0 spiro atoms. The third-order valence-corrected chi connectivity index (χ3v) is 8.61. The van der Waals surface area contributed by atoms with Gasteiger partial charge in [0.2, 0.25) is 5.91 Å². The van der Waals surface area contributed by atoms with E-state index in [1.165, 1.54) is 154 Å². The zero-order chi connectivity index (χ0) is 31.4. The zero-order valence-corrected chi connectivity index (χ0v) is 28.8. The lowest BCUT2D eigenvalue weighted by atomic mass is 10.0. The van der Waals surface area contributed by atoms with Crippen LogP contribution >= 0.6 is 0 Å². The summed E-state index contributed by atoms with van der Waals surface area (Å²) in [6.45, 7) is 4.50. The number of amides is 1. The molecular weight excluding hydrogens is 522 g/mol. The Hall–Kier alpha value is -0.650. The monoisotopic (exact) mass is 600 g/mol. The fraction of sp³-hybridized carbons (Fsp3) is 0.973. The first kappa shape index (κ1) is 43.5. The molecule has 4 N–H and O–H groups in total. The van der Waals surface area contributed by atoms with Gasteiger partial charge in [-0.05, 0) is 12.8 Å². The summed E-state index contributed by atoms with van der Waals surface area (Å²) in [4.78, 5) is 12.4.